The van der Waals surface area contributed by atoms with Crippen molar-refractivity contribution in [3.05, 3.63) is 24.3 Å². The van der Waals surface area contributed by atoms with E-state index in [1.165, 1.54) is 7.11 Å². The van der Waals surface area contributed by atoms with Crippen LogP contribution in [0.2, 0.25) is 18.1 Å². The van der Waals surface area contributed by atoms with Gasteiger partial charge in [0, 0.05) is 25.0 Å². The van der Waals surface area contributed by atoms with E-state index < -0.39 is 38.1 Å². The molecule has 262 valence electrons. The summed E-state index contributed by atoms with van der Waals surface area (Å²) in [7, 11) is 1.19. The molecule has 2 aliphatic rings. The molecule has 2 fully saturated rings. The maximum absolute atomic E-state index is 12.7. The van der Waals surface area contributed by atoms with E-state index in [-0.39, 0.29) is 42.0 Å². The molecule has 0 bridgehead atoms. The van der Waals surface area contributed by atoms with Crippen LogP contribution in [-0.4, -0.2) is 82.5 Å². The van der Waals surface area contributed by atoms with Crippen molar-refractivity contribution in [3.63, 3.8) is 0 Å². The Morgan fingerprint density at radius 3 is 2.24 bits per heavy atom. The molecule has 0 saturated carbocycles. The van der Waals surface area contributed by atoms with Crippen molar-refractivity contribution in [3.8, 4) is 0 Å². The van der Waals surface area contributed by atoms with Gasteiger partial charge in [-0.25, -0.2) is 4.79 Å². The molecular formula is C35H64O9Si. The number of rotatable bonds is 17. The van der Waals surface area contributed by atoms with Crippen LogP contribution in [-0.2, 0) is 37.6 Å². The molecule has 2 heterocycles. The minimum atomic E-state index is -1.74. The fraction of sp³-hybridized carbons (Fsp3) is 0.857. The normalized spacial score (nSPS) is 28.5. The zero-order valence-corrected chi connectivity index (χ0v) is 31.2. The first-order valence-corrected chi connectivity index (χ1v) is 19.7. The van der Waals surface area contributed by atoms with Crippen LogP contribution < -0.4 is 0 Å². The minimum Gasteiger partial charge on any atom is -0.467 e. The highest BCUT2D eigenvalue weighted by atomic mass is 28.4. The summed E-state index contributed by atoms with van der Waals surface area (Å²) in [4.78, 5) is 12.7. The lowest BCUT2D eigenvalue weighted by atomic mass is 9.81. The molecule has 9 nitrogen and oxygen atoms in total. The average molecular weight is 657 g/mol. The monoisotopic (exact) mass is 656 g/mol. The van der Waals surface area contributed by atoms with Crippen molar-refractivity contribution in [2.24, 2.45) is 11.8 Å². The zero-order chi connectivity index (χ0) is 34.1. The van der Waals surface area contributed by atoms with E-state index in [0.29, 0.717) is 6.42 Å². The Labute approximate surface area is 274 Å². The van der Waals surface area contributed by atoms with Gasteiger partial charge in [0.25, 0.3) is 0 Å². The molecular weight excluding hydrogens is 592 g/mol. The molecule has 8 atom stereocenters. The minimum absolute atomic E-state index is 0.0957. The predicted molar refractivity (Wildman–Crippen MR) is 179 cm³/mol. The predicted octanol–water partition coefficient (Wildman–Crippen LogP) is 7.28. The van der Waals surface area contributed by atoms with Crippen LogP contribution in [0.3, 0.4) is 0 Å². The molecule has 0 aliphatic carbocycles. The van der Waals surface area contributed by atoms with Gasteiger partial charge in [-0.2, -0.15) is 0 Å². The van der Waals surface area contributed by atoms with Gasteiger partial charge in [0.15, 0.2) is 14.1 Å². The van der Waals surface area contributed by atoms with Crippen molar-refractivity contribution in [1.29, 1.82) is 0 Å². The summed E-state index contributed by atoms with van der Waals surface area (Å²) in [5.41, 5.74) is 0. The van der Waals surface area contributed by atoms with Gasteiger partial charge in [0.1, 0.15) is 6.79 Å². The number of ether oxygens (including phenoxy) is 6. The maximum Gasteiger partial charge on any atom is 0.340 e. The fourth-order valence-corrected chi connectivity index (χ4v) is 7.33. The van der Waals surface area contributed by atoms with Crippen LogP contribution in [0.4, 0.5) is 0 Å². The van der Waals surface area contributed by atoms with Crippen molar-refractivity contribution in [2.45, 2.75) is 161 Å². The standard InChI is InChI=1S/C35H64O9Si/c1-25-21-22-30(41-35(25)31(32(37)39-10)42-34(7,8)44-35)27(3)29(36)23-28(40-24-38-9)20-18-16-14-13-15-17-19-26(2)43-45(11,12)33(4,5)6/h13-16,25-31,36H,17-24H2,1-12H3/b15-13-,16-14+/t25-,26+,27-,28+,29?,30+,31?,35+/m1/s1. The van der Waals surface area contributed by atoms with E-state index in [9.17, 15) is 9.90 Å². The zero-order valence-electron chi connectivity index (χ0n) is 30.2. The van der Waals surface area contributed by atoms with Gasteiger partial charge in [-0.3, -0.25) is 0 Å². The number of esters is 1. The molecule has 1 N–H and O–H groups in total. The highest BCUT2D eigenvalue weighted by molar-refractivity contribution is 6.74. The molecule has 0 amide bonds. The molecule has 2 rings (SSSR count). The third-order valence-corrected chi connectivity index (χ3v) is 14.3. The summed E-state index contributed by atoms with van der Waals surface area (Å²) in [6.07, 6.45) is 12.0. The number of carbonyl (C=O) groups is 1. The molecule has 0 aromatic rings. The van der Waals surface area contributed by atoms with Crippen LogP contribution in [0.25, 0.3) is 0 Å². The van der Waals surface area contributed by atoms with Crippen molar-refractivity contribution in [1.82, 2.24) is 0 Å². The third-order valence-electron chi connectivity index (χ3n) is 9.69. The first-order valence-electron chi connectivity index (χ1n) is 16.8. The van der Waals surface area contributed by atoms with Crippen LogP contribution in [0.5, 0.6) is 0 Å². The molecule has 2 saturated heterocycles. The van der Waals surface area contributed by atoms with E-state index in [2.05, 4.69) is 65.1 Å². The quantitative estimate of drug-likeness (QED) is 0.0749. The Kier molecular flexibility index (Phi) is 15.4. The SMILES string of the molecule is COCO[C@@H](CC/C=C/C=C\CC[C@H](C)O[Si](C)(C)C(C)(C)C)CC(O)[C@@H](C)[C@@H]1CC[C@@H](C)[C@]2(O1)OC(C)(C)OC2C(=O)OC. The van der Waals surface area contributed by atoms with E-state index in [0.717, 1.165) is 38.5 Å². The third kappa shape index (κ3) is 11.5. The molecule has 45 heavy (non-hydrogen) atoms. The number of aliphatic hydroxyl groups excluding tert-OH is 1. The average Bonchev–Trinajstić information content (AvgIpc) is 3.23. The smallest absolute Gasteiger partial charge is 0.340 e. The summed E-state index contributed by atoms with van der Waals surface area (Å²) < 4.78 is 41.4. The second kappa shape index (κ2) is 17.3. The number of methoxy groups -OCH3 is 2. The summed E-state index contributed by atoms with van der Waals surface area (Å²) in [6.45, 7) is 21.3. The summed E-state index contributed by atoms with van der Waals surface area (Å²) in [6, 6.07) is 0. The van der Waals surface area contributed by atoms with Gasteiger partial charge in [-0.15, -0.1) is 0 Å². The van der Waals surface area contributed by atoms with Crippen LogP contribution >= 0.6 is 0 Å². The van der Waals surface area contributed by atoms with Gasteiger partial charge in [-0.05, 0) is 83.8 Å². The van der Waals surface area contributed by atoms with Gasteiger partial charge in [0.2, 0.25) is 11.9 Å². The van der Waals surface area contributed by atoms with Gasteiger partial charge in [-0.1, -0.05) is 58.9 Å². The molecule has 0 aromatic heterocycles. The topological polar surface area (TPSA) is 102 Å². The van der Waals surface area contributed by atoms with Crippen LogP contribution in [0.15, 0.2) is 24.3 Å². The Morgan fingerprint density at radius 2 is 1.67 bits per heavy atom. The molecule has 0 aromatic carbocycles. The lowest BCUT2D eigenvalue weighted by Gasteiger charge is -2.46. The summed E-state index contributed by atoms with van der Waals surface area (Å²) in [5.74, 6) is -3.12. The summed E-state index contributed by atoms with van der Waals surface area (Å²) in [5, 5.41) is 11.5. The fourth-order valence-electron chi connectivity index (χ4n) is 5.86. The maximum atomic E-state index is 12.7. The molecule has 2 unspecified atom stereocenters. The second-order valence-corrected chi connectivity index (χ2v) is 19.7. The van der Waals surface area contributed by atoms with Gasteiger partial charge >= 0.3 is 5.97 Å². The summed E-state index contributed by atoms with van der Waals surface area (Å²) >= 11 is 0. The number of hydrogen-bond acceptors (Lipinski definition) is 9. The first-order chi connectivity index (χ1) is 20.9. The van der Waals surface area contributed by atoms with E-state index in [1.807, 2.05) is 13.8 Å². The molecule has 1 spiro atoms. The number of aliphatic hydroxyl groups is 1. The second-order valence-electron chi connectivity index (χ2n) is 14.9. The highest BCUT2D eigenvalue weighted by Crippen LogP contribution is 2.49. The number of carbonyl (C=O) groups excluding carboxylic acids is 1. The van der Waals surface area contributed by atoms with Gasteiger partial charge < -0.3 is 38.0 Å². The lowest BCUT2D eigenvalue weighted by Crippen LogP contribution is -2.58. The molecule has 10 heteroatoms. The lowest BCUT2D eigenvalue weighted by molar-refractivity contribution is -0.321. The van der Waals surface area contributed by atoms with E-state index >= 15 is 0 Å². The van der Waals surface area contributed by atoms with Crippen LogP contribution in [0.1, 0.15) is 100 Å². The van der Waals surface area contributed by atoms with Crippen molar-refractivity contribution < 1.29 is 42.7 Å². The Balaban J connectivity index is 1.90. The van der Waals surface area contributed by atoms with Crippen molar-refractivity contribution >= 4 is 14.3 Å². The van der Waals surface area contributed by atoms with E-state index in [4.69, 9.17) is 32.8 Å². The number of hydrogen-bond donors (Lipinski definition) is 1. The highest BCUT2D eigenvalue weighted by Gasteiger charge is 2.63. The Hall–Kier alpha value is -1.11. The van der Waals surface area contributed by atoms with Gasteiger partial charge in [0.05, 0.1) is 25.4 Å². The largest absolute Gasteiger partial charge is 0.467 e. The first kappa shape index (κ1) is 40.1. The van der Waals surface area contributed by atoms with Crippen molar-refractivity contribution in [2.75, 3.05) is 21.0 Å². The molecule has 2 aliphatic heterocycles. The molecule has 0 radical (unpaired) electrons. The van der Waals surface area contributed by atoms with Crippen LogP contribution in [0, 0.1) is 11.8 Å². The Morgan fingerprint density at radius 1 is 1.04 bits per heavy atom. The Bertz CT molecular complexity index is 959. The number of allylic oxidation sites excluding steroid dienone is 4. The van der Waals surface area contributed by atoms with E-state index in [1.54, 1.807) is 21.0 Å².